The number of nitrogens with one attached hydrogen (secondary N) is 2. The van der Waals surface area contributed by atoms with Crippen molar-refractivity contribution in [2.24, 2.45) is 0 Å². The van der Waals surface area contributed by atoms with Gasteiger partial charge in [-0.3, -0.25) is 9.59 Å². The lowest BCUT2D eigenvalue weighted by molar-refractivity contribution is -0.116. The van der Waals surface area contributed by atoms with E-state index >= 15 is 0 Å². The van der Waals surface area contributed by atoms with Crippen molar-refractivity contribution in [3.05, 3.63) is 48.0 Å². The fraction of sp³-hybridized carbons (Fsp3) is 0.333. The monoisotopic (exact) mass is 386 g/mol. The molecule has 2 rings (SSSR count). The van der Waals surface area contributed by atoms with Crippen LogP contribution >= 0.6 is 0 Å². The van der Waals surface area contributed by atoms with Crippen LogP contribution < -0.4 is 24.8 Å². The van der Waals surface area contributed by atoms with Gasteiger partial charge < -0.3 is 24.8 Å². The molecular weight excluding hydrogens is 360 g/mol. The molecule has 7 heteroatoms. The van der Waals surface area contributed by atoms with E-state index in [0.717, 1.165) is 0 Å². The van der Waals surface area contributed by atoms with Gasteiger partial charge in [0.25, 0.3) is 5.91 Å². The molecule has 28 heavy (non-hydrogen) atoms. The van der Waals surface area contributed by atoms with E-state index in [2.05, 4.69) is 10.6 Å². The maximum absolute atomic E-state index is 12.3. The zero-order valence-corrected chi connectivity index (χ0v) is 16.4. The van der Waals surface area contributed by atoms with Crippen molar-refractivity contribution < 1.29 is 23.8 Å². The van der Waals surface area contributed by atoms with Crippen LogP contribution in [-0.2, 0) is 4.79 Å². The second kappa shape index (κ2) is 10.8. The van der Waals surface area contributed by atoms with Gasteiger partial charge in [-0.15, -0.1) is 0 Å². The standard InChI is InChI=1S/C21H26N2O5/c1-4-27-15-10-11-19(28-5-2)17(14-15)23-20(24)12-13-22-21(25)16-8-6-7-9-18(16)26-3/h6-11,14H,4-5,12-13H2,1-3H3,(H,22,25)(H,23,24). The molecule has 0 saturated heterocycles. The Kier molecular flexibility index (Phi) is 8.14. The predicted octanol–water partition coefficient (Wildman–Crippen LogP) is 3.25. The Hall–Kier alpha value is -3.22. The van der Waals surface area contributed by atoms with Crippen LogP contribution in [0.3, 0.4) is 0 Å². The molecule has 2 N–H and O–H groups in total. The van der Waals surface area contributed by atoms with Gasteiger partial charge in [-0.2, -0.15) is 0 Å². The first-order valence-electron chi connectivity index (χ1n) is 9.19. The summed E-state index contributed by atoms with van der Waals surface area (Å²) in [6.07, 6.45) is 0.116. The summed E-state index contributed by atoms with van der Waals surface area (Å²) >= 11 is 0. The number of methoxy groups -OCH3 is 1. The average Bonchev–Trinajstić information content (AvgIpc) is 2.70. The number of ether oxygens (including phenoxy) is 3. The summed E-state index contributed by atoms with van der Waals surface area (Å²) in [5.74, 6) is 1.16. The molecule has 2 aromatic rings. The summed E-state index contributed by atoms with van der Waals surface area (Å²) in [7, 11) is 1.51. The highest BCUT2D eigenvalue weighted by Crippen LogP contribution is 2.29. The normalized spacial score (nSPS) is 10.1. The molecule has 0 atom stereocenters. The fourth-order valence-corrected chi connectivity index (χ4v) is 2.57. The summed E-state index contributed by atoms with van der Waals surface area (Å²) in [6, 6.07) is 12.2. The Morgan fingerprint density at radius 2 is 1.71 bits per heavy atom. The van der Waals surface area contributed by atoms with Crippen molar-refractivity contribution in [2.45, 2.75) is 20.3 Å². The number of carbonyl (C=O) groups is 2. The molecule has 0 aromatic heterocycles. The average molecular weight is 386 g/mol. The van der Waals surface area contributed by atoms with Crippen molar-refractivity contribution in [3.63, 3.8) is 0 Å². The molecule has 0 aliphatic heterocycles. The maximum Gasteiger partial charge on any atom is 0.255 e. The molecule has 0 aliphatic carbocycles. The number of rotatable bonds is 10. The third kappa shape index (κ3) is 5.90. The molecule has 0 aliphatic rings. The Morgan fingerprint density at radius 1 is 0.964 bits per heavy atom. The molecule has 0 radical (unpaired) electrons. The number of benzene rings is 2. The van der Waals surface area contributed by atoms with Crippen molar-refractivity contribution >= 4 is 17.5 Å². The summed E-state index contributed by atoms with van der Waals surface area (Å²) in [4.78, 5) is 24.6. The zero-order valence-electron chi connectivity index (χ0n) is 16.4. The molecule has 0 saturated carbocycles. The van der Waals surface area contributed by atoms with E-state index in [9.17, 15) is 9.59 Å². The topological polar surface area (TPSA) is 85.9 Å². The summed E-state index contributed by atoms with van der Waals surface area (Å²) in [6.45, 7) is 4.95. The number of hydrogen-bond acceptors (Lipinski definition) is 5. The van der Waals surface area contributed by atoms with Crippen LogP contribution in [0, 0.1) is 0 Å². The van der Waals surface area contributed by atoms with Crippen LogP contribution in [0.4, 0.5) is 5.69 Å². The van der Waals surface area contributed by atoms with Gasteiger partial charge in [0.2, 0.25) is 5.91 Å². The number of para-hydroxylation sites is 1. The Bertz CT molecular complexity index is 807. The van der Waals surface area contributed by atoms with Crippen molar-refractivity contribution in [3.8, 4) is 17.2 Å². The number of carbonyl (C=O) groups excluding carboxylic acids is 2. The van der Waals surface area contributed by atoms with Crippen LogP contribution in [0.5, 0.6) is 17.2 Å². The number of hydrogen-bond donors (Lipinski definition) is 2. The SMILES string of the molecule is CCOc1ccc(OCC)c(NC(=O)CCNC(=O)c2ccccc2OC)c1. The molecule has 2 aromatic carbocycles. The van der Waals surface area contributed by atoms with E-state index in [1.165, 1.54) is 7.11 Å². The van der Waals surface area contributed by atoms with Gasteiger partial charge in [-0.1, -0.05) is 12.1 Å². The Labute approximate surface area is 165 Å². The molecular formula is C21H26N2O5. The van der Waals surface area contributed by atoms with Gasteiger partial charge in [0.1, 0.15) is 17.2 Å². The maximum atomic E-state index is 12.3. The zero-order chi connectivity index (χ0) is 20.4. The fourth-order valence-electron chi connectivity index (χ4n) is 2.57. The van der Waals surface area contributed by atoms with Crippen LogP contribution in [0.15, 0.2) is 42.5 Å². The van der Waals surface area contributed by atoms with Crippen LogP contribution in [-0.4, -0.2) is 38.7 Å². The van der Waals surface area contributed by atoms with Gasteiger partial charge in [0, 0.05) is 19.0 Å². The van der Waals surface area contributed by atoms with Crippen LogP contribution in [0.25, 0.3) is 0 Å². The minimum Gasteiger partial charge on any atom is -0.496 e. The van der Waals surface area contributed by atoms with E-state index in [1.54, 1.807) is 42.5 Å². The first kappa shape index (κ1) is 21.1. The summed E-state index contributed by atoms with van der Waals surface area (Å²) in [5.41, 5.74) is 0.960. The molecule has 7 nitrogen and oxygen atoms in total. The first-order chi connectivity index (χ1) is 13.6. The second-order valence-corrected chi connectivity index (χ2v) is 5.78. The lowest BCUT2D eigenvalue weighted by atomic mass is 10.2. The Balaban J connectivity index is 1.93. The summed E-state index contributed by atoms with van der Waals surface area (Å²) < 4.78 is 16.2. The molecule has 2 amide bonds. The third-order valence-electron chi connectivity index (χ3n) is 3.83. The van der Waals surface area contributed by atoms with Gasteiger partial charge >= 0.3 is 0 Å². The van der Waals surface area contributed by atoms with Crippen molar-refractivity contribution in [2.75, 3.05) is 32.2 Å². The first-order valence-corrected chi connectivity index (χ1v) is 9.19. The van der Waals surface area contributed by atoms with E-state index < -0.39 is 0 Å². The second-order valence-electron chi connectivity index (χ2n) is 5.78. The smallest absolute Gasteiger partial charge is 0.255 e. The molecule has 0 heterocycles. The molecule has 150 valence electrons. The van der Waals surface area contributed by atoms with Gasteiger partial charge in [0.15, 0.2) is 0 Å². The quantitative estimate of drug-likeness (QED) is 0.655. The lowest BCUT2D eigenvalue weighted by Crippen LogP contribution is -2.28. The number of anilines is 1. The minimum atomic E-state index is -0.293. The van der Waals surface area contributed by atoms with Crippen molar-refractivity contribution in [1.29, 1.82) is 0 Å². The molecule has 0 fully saturated rings. The Morgan fingerprint density at radius 3 is 2.43 bits per heavy atom. The van der Waals surface area contributed by atoms with Gasteiger partial charge in [-0.05, 0) is 38.1 Å². The van der Waals surface area contributed by atoms with Gasteiger partial charge in [0.05, 0.1) is 31.6 Å². The predicted molar refractivity (Wildman–Crippen MR) is 107 cm³/mol. The van der Waals surface area contributed by atoms with E-state index in [-0.39, 0.29) is 24.8 Å². The van der Waals surface area contributed by atoms with Crippen LogP contribution in [0.1, 0.15) is 30.6 Å². The molecule has 0 unspecified atom stereocenters. The van der Waals surface area contributed by atoms with Gasteiger partial charge in [-0.25, -0.2) is 0 Å². The highest BCUT2D eigenvalue weighted by Gasteiger charge is 2.13. The lowest BCUT2D eigenvalue weighted by Gasteiger charge is -2.14. The number of amides is 2. The highest BCUT2D eigenvalue weighted by molar-refractivity contribution is 5.97. The summed E-state index contributed by atoms with van der Waals surface area (Å²) in [5, 5.41) is 5.54. The molecule has 0 bridgehead atoms. The largest absolute Gasteiger partial charge is 0.496 e. The van der Waals surface area contributed by atoms with E-state index in [0.29, 0.717) is 41.7 Å². The molecule has 0 spiro atoms. The van der Waals surface area contributed by atoms with E-state index in [4.69, 9.17) is 14.2 Å². The highest BCUT2D eigenvalue weighted by atomic mass is 16.5. The van der Waals surface area contributed by atoms with E-state index in [1.807, 2.05) is 13.8 Å². The van der Waals surface area contributed by atoms with Crippen molar-refractivity contribution in [1.82, 2.24) is 5.32 Å². The van der Waals surface area contributed by atoms with Crippen LogP contribution in [0.2, 0.25) is 0 Å². The minimum absolute atomic E-state index is 0.116. The third-order valence-corrected chi connectivity index (χ3v) is 3.83.